The zero-order valence-corrected chi connectivity index (χ0v) is 15.0. The van der Waals surface area contributed by atoms with Crippen LogP contribution >= 0.6 is 0 Å². The van der Waals surface area contributed by atoms with Crippen molar-refractivity contribution < 1.29 is 9.53 Å². The van der Waals surface area contributed by atoms with Gasteiger partial charge in [0.2, 0.25) is 0 Å². The Morgan fingerprint density at radius 2 is 2.04 bits per heavy atom. The summed E-state index contributed by atoms with van der Waals surface area (Å²) in [7, 11) is 1.77. The summed E-state index contributed by atoms with van der Waals surface area (Å²) in [4.78, 5) is 14.8. The summed E-state index contributed by atoms with van der Waals surface area (Å²) in [6.45, 7) is 5.82. The molecule has 0 saturated carbocycles. The van der Waals surface area contributed by atoms with Crippen molar-refractivity contribution in [1.29, 1.82) is 0 Å². The van der Waals surface area contributed by atoms with E-state index < -0.39 is 0 Å². The smallest absolute Gasteiger partial charge is 0.273 e. The molecule has 6 nitrogen and oxygen atoms in total. The third-order valence-corrected chi connectivity index (χ3v) is 4.45. The van der Waals surface area contributed by atoms with Crippen molar-refractivity contribution >= 4 is 11.6 Å². The summed E-state index contributed by atoms with van der Waals surface area (Å²) in [6.07, 6.45) is 3.92. The molecule has 1 aliphatic heterocycles. The van der Waals surface area contributed by atoms with E-state index in [1.807, 2.05) is 31.2 Å². The number of likely N-dealkylation sites (tertiary alicyclic amines) is 1. The largest absolute Gasteiger partial charge is 0.492 e. The minimum absolute atomic E-state index is 0.173. The van der Waals surface area contributed by atoms with Crippen molar-refractivity contribution in [3.8, 4) is 5.75 Å². The molecule has 1 fully saturated rings. The summed E-state index contributed by atoms with van der Waals surface area (Å²) >= 11 is 0. The highest BCUT2D eigenvalue weighted by Crippen LogP contribution is 2.18. The molecular formula is C19H26N4O2. The molecule has 2 heterocycles. The summed E-state index contributed by atoms with van der Waals surface area (Å²) in [6, 6.07) is 9.30. The minimum atomic E-state index is -0.173. The van der Waals surface area contributed by atoms with Crippen LogP contribution in [0.15, 0.2) is 30.3 Å². The van der Waals surface area contributed by atoms with Gasteiger partial charge < -0.3 is 10.1 Å². The van der Waals surface area contributed by atoms with Crippen molar-refractivity contribution in [3.63, 3.8) is 0 Å². The molecule has 0 aliphatic carbocycles. The van der Waals surface area contributed by atoms with Gasteiger partial charge in [-0.2, -0.15) is 5.10 Å². The molecule has 0 spiro atoms. The van der Waals surface area contributed by atoms with E-state index in [1.54, 1.807) is 17.8 Å². The molecule has 1 aliphatic rings. The quantitative estimate of drug-likeness (QED) is 0.877. The highest BCUT2D eigenvalue weighted by molar-refractivity contribution is 6.03. The first kappa shape index (κ1) is 17.5. The summed E-state index contributed by atoms with van der Waals surface area (Å²) < 4.78 is 7.44. The van der Waals surface area contributed by atoms with E-state index in [2.05, 4.69) is 15.3 Å². The summed E-state index contributed by atoms with van der Waals surface area (Å²) in [5.74, 6) is 0.601. The number of amides is 1. The number of hydrogen-bond acceptors (Lipinski definition) is 4. The number of carbonyl (C=O) groups excluding carboxylic acids is 1. The van der Waals surface area contributed by atoms with Gasteiger partial charge in [0.05, 0.1) is 5.69 Å². The molecule has 6 heteroatoms. The Kier molecular flexibility index (Phi) is 5.71. The van der Waals surface area contributed by atoms with Gasteiger partial charge in [0, 0.05) is 25.3 Å². The van der Waals surface area contributed by atoms with Crippen LogP contribution in [-0.2, 0) is 7.05 Å². The number of aromatic nitrogens is 2. The molecule has 1 amide bonds. The van der Waals surface area contributed by atoms with Crippen molar-refractivity contribution in [2.45, 2.75) is 26.2 Å². The van der Waals surface area contributed by atoms with Gasteiger partial charge in [-0.05, 0) is 51.1 Å². The molecular weight excluding hydrogens is 316 g/mol. The molecule has 1 aromatic carbocycles. The first-order valence-electron chi connectivity index (χ1n) is 8.89. The number of benzene rings is 1. The number of rotatable bonds is 6. The summed E-state index contributed by atoms with van der Waals surface area (Å²) in [5.41, 5.74) is 2.08. The van der Waals surface area contributed by atoms with Gasteiger partial charge >= 0.3 is 0 Å². The first-order valence-corrected chi connectivity index (χ1v) is 8.89. The second kappa shape index (κ2) is 8.16. The Morgan fingerprint density at radius 3 is 2.76 bits per heavy atom. The van der Waals surface area contributed by atoms with Gasteiger partial charge in [-0.1, -0.05) is 12.5 Å². The van der Waals surface area contributed by atoms with Crippen LogP contribution in [0.5, 0.6) is 5.75 Å². The molecule has 134 valence electrons. The maximum Gasteiger partial charge on any atom is 0.273 e. The van der Waals surface area contributed by atoms with Crippen LogP contribution in [0.4, 0.5) is 5.69 Å². The Balaban J connectivity index is 1.54. The van der Waals surface area contributed by atoms with E-state index >= 15 is 0 Å². The average molecular weight is 342 g/mol. The fourth-order valence-electron chi connectivity index (χ4n) is 3.16. The van der Waals surface area contributed by atoms with E-state index in [9.17, 15) is 4.79 Å². The number of hydrogen-bond donors (Lipinski definition) is 1. The van der Waals surface area contributed by atoms with Gasteiger partial charge in [-0.25, -0.2) is 0 Å². The average Bonchev–Trinajstić information content (AvgIpc) is 2.95. The lowest BCUT2D eigenvalue weighted by molar-refractivity contribution is 0.101. The zero-order chi connectivity index (χ0) is 17.6. The van der Waals surface area contributed by atoms with Crippen LogP contribution in [0.25, 0.3) is 0 Å². The zero-order valence-electron chi connectivity index (χ0n) is 15.0. The molecule has 0 atom stereocenters. The SMILES string of the molecule is Cc1cc(C(=O)Nc2cccc(OCCN3CCCCC3)c2)n(C)n1. The van der Waals surface area contributed by atoms with Crippen LogP contribution < -0.4 is 10.1 Å². The topological polar surface area (TPSA) is 59.4 Å². The molecule has 3 rings (SSSR count). The predicted octanol–water partition coefficient (Wildman–Crippen LogP) is 2.85. The van der Waals surface area contributed by atoms with E-state index in [0.29, 0.717) is 12.3 Å². The Labute approximate surface area is 148 Å². The highest BCUT2D eigenvalue weighted by Gasteiger charge is 2.13. The molecule has 1 N–H and O–H groups in total. The van der Waals surface area contributed by atoms with Crippen molar-refractivity contribution in [1.82, 2.24) is 14.7 Å². The summed E-state index contributed by atoms with van der Waals surface area (Å²) in [5, 5.41) is 7.11. The third-order valence-electron chi connectivity index (χ3n) is 4.45. The second-order valence-electron chi connectivity index (χ2n) is 6.53. The number of anilines is 1. The molecule has 0 unspecified atom stereocenters. The lowest BCUT2D eigenvalue weighted by Crippen LogP contribution is -2.33. The molecule has 1 saturated heterocycles. The Hall–Kier alpha value is -2.34. The third kappa shape index (κ3) is 4.82. The number of carbonyl (C=O) groups is 1. The van der Waals surface area contributed by atoms with Crippen molar-refractivity contribution in [3.05, 3.63) is 41.7 Å². The fraction of sp³-hybridized carbons (Fsp3) is 0.474. The van der Waals surface area contributed by atoms with E-state index in [-0.39, 0.29) is 5.91 Å². The predicted molar refractivity (Wildman–Crippen MR) is 98.1 cm³/mol. The van der Waals surface area contributed by atoms with Gasteiger partial charge in [0.25, 0.3) is 5.91 Å². The van der Waals surface area contributed by atoms with Crippen LogP contribution in [0, 0.1) is 6.92 Å². The van der Waals surface area contributed by atoms with Crippen LogP contribution in [-0.4, -0.2) is 46.8 Å². The lowest BCUT2D eigenvalue weighted by Gasteiger charge is -2.26. The van der Waals surface area contributed by atoms with Crippen LogP contribution in [0.3, 0.4) is 0 Å². The van der Waals surface area contributed by atoms with Crippen LogP contribution in [0.1, 0.15) is 35.4 Å². The van der Waals surface area contributed by atoms with Crippen molar-refractivity contribution in [2.75, 3.05) is 31.6 Å². The Bertz CT molecular complexity index is 720. The normalized spacial score (nSPS) is 15.1. The number of aryl methyl sites for hydroxylation is 2. The van der Waals surface area contributed by atoms with Crippen molar-refractivity contribution in [2.24, 2.45) is 7.05 Å². The monoisotopic (exact) mass is 342 g/mol. The number of ether oxygens (including phenoxy) is 1. The fourth-order valence-corrected chi connectivity index (χ4v) is 3.16. The first-order chi connectivity index (χ1) is 12.1. The standard InChI is InChI=1S/C19H26N4O2/c1-15-13-18(22(2)21-15)19(24)20-16-7-6-8-17(14-16)25-12-11-23-9-4-3-5-10-23/h6-8,13-14H,3-5,9-12H2,1-2H3,(H,20,24). The molecule has 2 aromatic rings. The lowest BCUT2D eigenvalue weighted by atomic mass is 10.1. The number of piperidine rings is 1. The minimum Gasteiger partial charge on any atom is -0.492 e. The van der Waals surface area contributed by atoms with E-state index in [0.717, 1.165) is 23.7 Å². The maximum atomic E-state index is 12.4. The Morgan fingerprint density at radius 1 is 1.24 bits per heavy atom. The molecule has 0 bridgehead atoms. The van der Waals surface area contributed by atoms with E-state index in [1.165, 1.54) is 32.4 Å². The number of nitrogens with one attached hydrogen (secondary N) is 1. The van der Waals surface area contributed by atoms with Gasteiger partial charge in [0.1, 0.15) is 18.1 Å². The number of nitrogens with zero attached hydrogens (tertiary/aromatic N) is 3. The molecule has 0 radical (unpaired) electrons. The highest BCUT2D eigenvalue weighted by atomic mass is 16.5. The second-order valence-corrected chi connectivity index (χ2v) is 6.53. The van der Waals surface area contributed by atoms with Gasteiger partial charge in [-0.15, -0.1) is 0 Å². The van der Waals surface area contributed by atoms with Gasteiger partial charge in [0.15, 0.2) is 0 Å². The maximum absolute atomic E-state index is 12.4. The van der Waals surface area contributed by atoms with E-state index in [4.69, 9.17) is 4.74 Å². The van der Waals surface area contributed by atoms with Crippen LogP contribution in [0.2, 0.25) is 0 Å². The van der Waals surface area contributed by atoms with Gasteiger partial charge in [-0.3, -0.25) is 14.4 Å². The molecule has 1 aromatic heterocycles. The molecule has 25 heavy (non-hydrogen) atoms.